The molecule has 0 radical (unpaired) electrons. The molecule has 0 aliphatic heterocycles. The summed E-state index contributed by atoms with van der Waals surface area (Å²) in [7, 11) is -2.66. The van der Waals surface area contributed by atoms with Gasteiger partial charge in [0.25, 0.3) is 0 Å². The van der Waals surface area contributed by atoms with Crippen LogP contribution < -0.4 is 0 Å². The Hall–Kier alpha value is -2.04. The summed E-state index contributed by atoms with van der Waals surface area (Å²) in [5.74, 6) is 0. The zero-order valence-electron chi connectivity index (χ0n) is 11.8. The molecule has 0 unspecified atom stereocenters. The normalized spacial score (nSPS) is 11.1. The summed E-state index contributed by atoms with van der Waals surface area (Å²) in [6.45, 7) is 0. The fraction of sp³-hybridized carbons (Fsp3) is 0. The van der Waals surface area contributed by atoms with E-state index >= 15 is 0 Å². The summed E-state index contributed by atoms with van der Waals surface area (Å²) >= 11 is 1.27. The largest absolute Gasteiger partial charge is 0.239 e. The van der Waals surface area contributed by atoms with Crippen molar-refractivity contribution in [3.63, 3.8) is 0 Å². The van der Waals surface area contributed by atoms with Crippen LogP contribution in [0.4, 0.5) is 0 Å². The molecule has 0 aliphatic rings. The lowest BCUT2D eigenvalue weighted by molar-refractivity contribution is 0.677. The Kier molecular flexibility index (Phi) is 4.61. The molecule has 0 aliphatic carbocycles. The molecule has 3 aromatic rings. The molecule has 0 atom stereocenters. The molecule has 22 heavy (non-hydrogen) atoms. The molecule has 0 aromatic heterocycles. The second-order valence-corrected chi connectivity index (χ2v) is 7.88. The second kappa shape index (κ2) is 6.81. The second-order valence-electron chi connectivity index (χ2n) is 4.63. The fourth-order valence-corrected chi connectivity index (χ4v) is 5.06. The van der Waals surface area contributed by atoms with E-state index in [1.54, 1.807) is 0 Å². The summed E-state index contributed by atoms with van der Waals surface area (Å²) in [5, 5.41) is 0. The first-order valence-corrected chi connectivity index (χ1v) is 9.16. The van der Waals surface area contributed by atoms with Crippen LogP contribution in [0.2, 0.25) is 0 Å². The van der Waals surface area contributed by atoms with E-state index in [0.717, 1.165) is 14.7 Å². The van der Waals surface area contributed by atoms with E-state index in [1.807, 2.05) is 91.0 Å². The predicted molar refractivity (Wildman–Crippen MR) is 92.3 cm³/mol. The number of hydrogen-bond acceptors (Lipinski definition) is 3. The minimum Gasteiger partial charge on any atom is -0.239 e. The van der Waals surface area contributed by atoms with Crippen LogP contribution in [0.3, 0.4) is 0 Å². The zero-order valence-corrected chi connectivity index (χ0v) is 13.5. The number of rotatable bonds is 4. The van der Waals surface area contributed by atoms with Crippen LogP contribution in [0.25, 0.3) is 0 Å². The van der Waals surface area contributed by atoms with E-state index in [9.17, 15) is 4.21 Å². The molecule has 0 heterocycles. The van der Waals surface area contributed by atoms with Gasteiger partial charge in [0.15, 0.2) is 0 Å². The van der Waals surface area contributed by atoms with Crippen LogP contribution >= 0.6 is 11.9 Å². The van der Waals surface area contributed by atoms with Crippen LogP contribution in [0.1, 0.15) is 0 Å². The summed E-state index contributed by atoms with van der Waals surface area (Å²) < 4.78 is 18.1. The van der Waals surface area contributed by atoms with Gasteiger partial charge in [-0.15, -0.1) is 0 Å². The summed E-state index contributed by atoms with van der Waals surface area (Å²) in [6, 6.07) is 28.6. The van der Waals surface area contributed by atoms with Crippen molar-refractivity contribution in [1.82, 2.24) is 0 Å². The molecule has 110 valence electrons. The van der Waals surface area contributed by atoms with Crippen LogP contribution in [-0.2, 0) is 9.73 Å². The Morgan fingerprint density at radius 3 is 1.50 bits per heavy atom. The number of benzene rings is 3. The van der Waals surface area contributed by atoms with Gasteiger partial charge in [0.05, 0.1) is 9.79 Å². The maximum absolute atomic E-state index is 13.6. The predicted octanol–water partition coefficient (Wildman–Crippen LogP) is 5.28. The molecular weight excluding hydrogens is 310 g/mol. The highest BCUT2D eigenvalue weighted by molar-refractivity contribution is 8.07. The van der Waals surface area contributed by atoms with E-state index in [-0.39, 0.29) is 0 Å². The van der Waals surface area contributed by atoms with Crippen LogP contribution in [0, 0.1) is 0 Å². The van der Waals surface area contributed by atoms with E-state index in [2.05, 4.69) is 3.77 Å². The topological polar surface area (TPSA) is 29.4 Å². The minimum absolute atomic E-state index is 0.727. The minimum atomic E-state index is -2.66. The Labute approximate surface area is 135 Å². The lowest BCUT2D eigenvalue weighted by Gasteiger charge is -2.10. The maximum Gasteiger partial charge on any atom is 0.115 e. The average molecular weight is 325 g/mol. The lowest BCUT2D eigenvalue weighted by Crippen LogP contribution is -2.00. The Bertz CT molecular complexity index is 795. The van der Waals surface area contributed by atoms with E-state index in [1.165, 1.54) is 11.9 Å². The molecule has 0 fully saturated rings. The SMILES string of the molecule is O=S(=NSc1ccccc1)(c1ccccc1)c1ccccc1. The molecule has 0 saturated carbocycles. The van der Waals surface area contributed by atoms with Crippen molar-refractivity contribution in [3.05, 3.63) is 91.0 Å². The van der Waals surface area contributed by atoms with Gasteiger partial charge in [-0.05, 0) is 36.4 Å². The van der Waals surface area contributed by atoms with Crippen molar-refractivity contribution in [3.8, 4) is 0 Å². The van der Waals surface area contributed by atoms with Gasteiger partial charge in [-0.3, -0.25) is 0 Å². The molecule has 0 amide bonds. The molecule has 3 aromatic carbocycles. The fourth-order valence-electron chi connectivity index (χ4n) is 2.01. The lowest BCUT2D eigenvalue weighted by atomic mass is 10.4. The van der Waals surface area contributed by atoms with Gasteiger partial charge in [-0.2, -0.15) is 3.77 Å². The van der Waals surface area contributed by atoms with Gasteiger partial charge in [-0.1, -0.05) is 54.6 Å². The molecule has 0 saturated heterocycles. The van der Waals surface area contributed by atoms with Crippen molar-refractivity contribution in [2.24, 2.45) is 3.77 Å². The Morgan fingerprint density at radius 1 is 0.636 bits per heavy atom. The molecule has 0 spiro atoms. The van der Waals surface area contributed by atoms with Crippen LogP contribution in [0.15, 0.2) is 109 Å². The first-order valence-electron chi connectivity index (χ1n) is 6.88. The molecule has 2 nitrogen and oxygen atoms in total. The zero-order chi connectivity index (χ0) is 15.3. The summed E-state index contributed by atoms with van der Waals surface area (Å²) in [5.41, 5.74) is 0. The Balaban J connectivity index is 2.10. The Morgan fingerprint density at radius 2 is 1.05 bits per heavy atom. The van der Waals surface area contributed by atoms with Crippen molar-refractivity contribution < 1.29 is 4.21 Å². The monoisotopic (exact) mass is 325 g/mol. The van der Waals surface area contributed by atoms with Crippen molar-refractivity contribution >= 4 is 21.7 Å². The van der Waals surface area contributed by atoms with Gasteiger partial charge in [0, 0.05) is 16.8 Å². The molecule has 4 heteroatoms. The van der Waals surface area contributed by atoms with Gasteiger partial charge in [0.1, 0.15) is 9.73 Å². The van der Waals surface area contributed by atoms with Crippen molar-refractivity contribution in [2.75, 3.05) is 0 Å². The highest BCUT2D eigenvalue weighted by Crippen LogP contribution is 2.29. The number of hydrogen-bond donors (Lipinski definition) is 0. The third kappa shape index (κ3) is 3.24. The third-order valence-electron chi connectivity index (χ3n) is 3.12. The molecule has 3 rings (SSSR count). The quantitative estimate of drug-likeness (QED) is 0.611. The maximum atomic E-state index is 13.6. The smallest absolute Gasteiger partial charge is 0.115 e. The van der Waals surface area contributed by atoms with E-state index in [0.29, 0.717) is 0 Å². The summed E-state index contributed by atoms with van der Waals surface area (Å²) in [4.78, 5) is 2.43. The van der Waals surface area contributed by atoms with E-state index < -0.39 is 9.73 Å². The van der Waals surface area contributed by atoms with Gasteiger partial charge < -0.3 is 0 Å². The highest BCUT2D eigenvalue weighted by Gasteiger charge is 2.15. The number of nitrogens with zero attached hydrogens (tertiary/aromatic N) is 1. The van der Waals surface area contributed by atoms with E-state index in [4.69, 9.17) is 0 Å². The van der Waals surface area contributed by atoms with Gasteiger partial charge >= 0.3 is 0 Å². The molecular formula is C18H15NOS2. The van der Waals surface area contributed by atoms with Crippen LogP contribution in [0.5, 0.6) is 0 Å². The third-order valence-corrected chi connectivity index (χ3v) is 6.56. The standard InChI is InChI=1S/C18H15NOS2/c20-22(17-12-6-2-7-13-17,18-14-8-3-9-15-18)19-21-16-10-4-1-5-11-16/h1-15H. The van der Waals surface area contributed by atoms with Gasteiger partial charge in [-0.25, -0.2) is 4.21 Å². The highest BCUT2D eigenvalue weighted by atomic mass is 32.2. The average Bonchev–Trinajstić information content (AvgIpc) is 2.62. The van der Waals surface area contributed by atoms with Gasteiger partial charge in [0.2, 0.25) is 0 Å². The molecule has 0 bridgehead atoms. The first kappa shape index (κ1) is 14.9. The van der Waals surface area contributed by atoms with Crippen molar-refractivity contribution in [2.45, 2.75) is 14.7 Å². The van der Waals surface area contributed by atoms with Crippen molar-refractivity contribution in [1.29, 1.82) is 0 Å². The summed E-state index contributed by atoms with van der Waals surface area (Å²) in [6.07, 6.45) is 0. The van der Waals surface area contributed by atoms with Crippen LogP contribution in [-0.4, -0.2) is 4.21 Å². The first-order chi connectivity index (χ1) is 10.8. The molecule has 0 N–H and O–H groups in total.